The number of thiophene rings is 1. The zero-order valence-corrected chi connectivity index (χ0v) is 21.0. The molecular weight excluding hydrogens is 456 g/mol. The van der Waals surface area contributed by atoms with Crippen LogP contribution in [0.2, 0.25) is 0 Å². The van der Waals surface area contributed by atoms with Crippen molar-refractivity contribution in [3.63, 3.8) is 0 Å². The van der Waals surface area contributed by atoms with Crippen LogP contribution in [0.15, 0.2) is 47.0 Å². The molecule has 2 nitrogen and oxygen atoms in total. The molecule has 0 saturated carbocycles. The fraction of sp³-hybridized carbons (Fsp3) is 0.500. The average Bonchev–Trinajstić information content (AvgIpc) is 3.41. The Morgan fingerprint density at radius 1 is 1.03 bits per heavy atom. The summed E-state index contributed by atoms with van der Waals surface area (Å²) in [5, 5.41) is 0. The number of carbonyl (C=O) groups is 1. The van der Waals surface area contributed by atoms with Crippen molar-refractivity contribution in [2.45, 2.75) is 77.6 Å². The first-order chi connectivity index (χ1) is 14.6. The minimum absolute atomic E-state index is 0.234. The predicted octanol–water partition coefficient (Wildman–Crippen LogP) is 8.45. The standard InChI is InChI=1S/C17H23Br.C9H12O2S/c1-2-3-4-5-7-14-10-12-15(13-11-14)16-8-6-9-17(16)18;1-3-4-7-5-6-8(12-7)9(10)11-2/h9-13,16H,2-8H2,1H3;5-6H,3-4H2,1-2H3/t16-;/m0./s1. The van der Waals surface area contributed by atoms with Crippen molar-refractivity contribution in [1.82, 2.24) is 0 Å². The Bertz CT molecular complexity index is 792. The number of unbranched alkanes of at least 4 members (excludes halogenated alkanes) is 3. The van der Waals surface area contributed by atoms with Crippen molar-refractivity contribution in [2.75, 3.05) is 7.11 Å². The number of hydrogen-bond donors (Lipinski definition) is 0. The number of methoxy groups -OCH3 is 1. The Balaban J connectivity index is 0.000000232. The van der Waals surface area contributed by atoms with E-state index in [1.54, 1.807) is 0 Å². The van der Waals surface area contributed by atoms with Crippen LogP contribution in [0.5, 0.6) is 0 Å². The highest BCUT2D eigenvalue weighted by molar-refractivity contribution is 9.11. The van der Waals surface area contributed by atoms with Gasteiger partial charge in [-0.15, -0.1) is 11.3 Å². The first-order valence-corrected chi connectivity index (χ1v) is 12.8. The summed E-state index contributed by atoms with van der Waals surface area (Å²) in [7, 11) is 1.40. The summed E-state index contributed by atoms with van der Waals surface area (Å²) in [6, 6.07) is 13.1. The van der Waals surface area contributed by atoms with Crippen molar-refractivity contribution in [1.29, 1.82) is 0 Å². The van der Waals surface area contributed by atoms with Gasteiger partial charge in [-0.2, -0.15) is 0 Å². The molecule has 0 fully saturated rings. The van der Waals surface area contributed by atoms with Crippen LogP contribution < -0.4 is 0 Å². The molecule has 0 saturated heterocycles. The highest BCUT2D eigenvalue weighted by atomic mass is 79.9. The molecule has 164 valence electrons. The van der Waals surface area contributed by atoms with Gasteiger partial charge in [-0.1, -0.05) is 85.8 Å². The van der Waals surface area contributed by atoms with E-state index < -0.39 is 0 Å². The van der Waals surface area contributed by atoms with Gasteiger partial charge in [0.15, 0.2) is 0 Å². The Hall–Kier alpha value is -1.39. The van der Waals surface area contributed by atoms with E-state index in [2.05, 4.69) is 64.9 Å². The normalized spacial score (nSPS) is 15.3. The Morgan fingerprint density at radius 2 is 1.80 bits per heavy atom. The maximum Gasteiger partial charge on any atom is 0.348 e. The third-order valence-corrected chi connectivity index (χ3v) is 7.37. The van der Waals surface area contributed by atoms with Gasteiger partial charge in [0, 0.05) is 10.8 Å². The maximum atomic E-state index is 11.0. The Kier molecular flexibility index (Phi) is 11.5. The van der Waals surface area contributed by atoms with Gasteiger partial charge in [0.1, 0.15) is 4.88 Å². The summed E-state index contributed by atoms with van der Waals surface area (Å²) in [4.78, 5) is 13.0. The Morgan fingerprint density at radius 3 is 2.40 bits per heavy atom. The van der Waals surface area contributed by atoms with Gasteiger partial charge in [-0.3, -0.25) is 0 Å². The Labute approximate surface area is 194 Å². The molecule has 1 aromatic heterocycles. The van der Waals surface area contributed by atoms with Crippen LogP contribution >= 0.6 is 27.3 Å². The van der Waals surface area contributed by atoms with Crippen LogP contribution in [0.1, 0.15) is 90.4 Å². The van der Waals surface area contributed by atoms with Crippen LogP contribution in [0, 0.1) is 0 Å². The van der Waals surface area contributed by atoms with Crippen LogP contribution in [0.3, 0.4) is 0 Å². The number of hydrogen-bond acceptors (Lipinski definition) is 3. The lowest BCUT2D eigenvalue weighted by molar-refractivity contribution is 0.0606. The number of rotatable bonds is 9. The van der Waals surface area contributed by atoms with Crippen molar-refractivity contribution in [3.05, 3.63) is 67.8 Å². The van der Waals surface area contributed by atoms with E-state index in [1.807, 2.05) is 12.1 Å². The lowest BCUT2D eigenvalue weighted by Gasteiger charge is -2.12. The van der Waals surface area contributed by atoms with Crippen molar-refractivity contribution in [3.8, 4) is 0 Å². The number of halogens is 1. The smallest absolute Gasteiger partial charge is 0.348 e. The number of carbonyl (C=O) groups excluding carboxylic acids is 1. The number of allylic oxidation sites excluding steroid dienone is 2. The van der Waals surface area contributed by atoms with Crippen molar-refractivity contribution in [2.24, 2.45) is 0 Å². The minimum Gasteiger partial charge on any atom is -0.465 e. The quantitative estimate of drug-likeness (QED) is 0.260. The van der Waals surface area contributed by atoms with E-state index in [-0.39, 0.29) is 5.97 Å². The molecule has 0 radical (unpaired) electrons. The van der Waals surface area contributed by atoms with E-state index >= 15 is 0 Å². The summed E-state index contributed by atoms with van der Waals surface area (Å²) < 4.78 is 5.97. The molecule has 1 aromatic carbocycles. The zero-order chi connectivity index (χ0) is 21.8. The fourth-order valence-electron chi connectivity index (χ4n) is 3.64. The molecule has 4 heteroatoms. The van der Waals surface area contributed by atoms with E-state index in [9.17, 15) is 4.79 Å². The molecule has 0 spiro atoms. The molecule has 0 aliphatic heterocycles. The zero-order valence-electron chi connectivity index (χ0n) is 18.6. The van der Waals surface area contributed by atoms with Gasteiger partial charge in [0.2, 0.25) is 0 Å². The molecular formula is C26H35BrO2S. The van der Waals surface area contributed by atoms with Crippen LogP contribution in [-0.4, -0.2) is 13.1 Å². The number of ether oxygens (including phenoxy) is 1. The van der Waals surface area contributed by atoms with Crippen LogP contribution in [0.4, 0.5) is 0 Å². The largest absolute Gasteiger partial charge is 0.465 e. The molecule has 3 rings (SSSR count). The predicted molar refractivity (Wildman–Crippen MR) is 133 cm³/mol. The summed E-state index contributed by atoms with van der Waals surface area (Å²) in [6.45, 7) is 4.39. The van der Waals surface area contributed by atoms with Crippen LogP contribution in [-0.2, 0) is 17.6 Å². The molecule has 1 aliphatic carbocycles. The van der Waals surface area contributed by atoms with Gasteiger partial charge < -0.3 is 4.74 Å². The second kappa shape index (κ2) is 13.8. The van der Waals surface area contributed by atoms with E-state index in [0.29, 0.717) is 10.8 Å². The minimum atomic E-state index is -0.234. The van der Waals surface area contributed by atoms with Gasteiger partial charge in [0.25, 0.3) is 0 Å². The molecule has 1 atom stereocenters. The SMILES string of the molecule is CCCCCCc1ccc([C@@H]2CCC=C2Br)cc1.CCCc1ccc(C(=O)OC)s1. The molecule has 1 heterocycles. The lowest BCUT2D eigenvalue weighted by atomic mass is 9.96. The molecule has 0 unspecified atom stereocenters. The first-order valence-electron chi connectivity index (χ1n) is 11.2. The van der Waals surface area contributed by atoms with Crippen LogP contribution in [0.25, 0.3) is 0 Å². The molecule has 0 amide bonds. The van der Waals surface area contributed by atoms with E-state index in [0.717, 1.165) is 12.8 Å². The first kappa shape index (κ1) is 24.9. The monoisotopic (exact) mass is 490 g/mol. The number of benzene rings is 1. The second-order valence-corrected chi connectivity index (χ2v) is 9.86. The van der Waals surface area contributed by atoms with E-state index in [1.165, 1.54) is 83.9 Å². The number of esters is 1. The third kappa shape index (κ3) is 8.03. The summed E-state index contributed by atoms with van der Waals surface area (Å²) in [6.07, 6.45) is 13.6. The second-order valence-electron chi connectivity index (χ2n) is 7.78. The molecule has 1 aliphatic rings. The highest BCUT2D eigenvalue weighted by Gasteiger charge is 2.18. The summed E-state index contributed by atoms with van der Waals surface area (Å²) in [5.41, 5.74) is 2.96. The van der Waals surface area contributed by atoms with Gasteiger partial charge >= 0.3 is 5.97 Å². The summed E-state index contributed by atoms with van der Waals surface area (Å²) in [5.74, 6) is 0.376. The maximum absolute atomic E-state index is 11.0. The van der Waals surface area contributed by atoms with Gasteiger partial charge in [0.05, 0.1) is 7.11 Å². The topological polar surface area (TPSA) is 26.3 Å². The molecule has 0 N–H and O–H groups in total. The van der Waals surface area contributed by atoms with Gasteiger partial charge in [-0.25, -0.2) is 4.79 Å². The van der Waals surface area contributed by atoms with E-state index in [4.69, 9.17) is 0 Å². The molecule has 0 bridgehead atoms. The van der Waals surface area contributed by atoms with Crippen molar-refractivity contribution < 1.29 is 9.53 Å². The molecule has 30 heavy (non-hydrogen) atoms. The molecule has 2 aromatic rings. The third-order valence-electron chi connectivity index (χ3n) is 5.37. The van der Waals surface area contributed by atoms with Gasteiger partial charge in [-0.05, 0) is 59.8 Å². The summed E-state index contributed by atoms with van der Waals surface area (Å²) >= 11 is 5.20. The highest BCUT2D eigenvalue weighted by Crippen LogP contribution is 2.38. The average molecular weight is 492 g/mol. The lowest BCUT2D eigenvalue weighted by Crippen LogP contribution is -1.96. The number of aryl methyl sites for hydroxylation is 2. The van der Waals surface area contributed by atoms with Crippen molar-refractivity contribution >= 4 is 33.2 Å². The fourth-order valence-corrected chi connectivity index (χ4v) is 5.39.